The van der Waals surface area contributed by atoms with Gasteiger partial charge in [0.1, 0.15) is 17.5 Å². The number of carbonyl (C=O) groups excluding carboxylic acids is 1. The van der Waals surface area contributed by atoms with Crippen molar-refractivity contribution in [1.29, 1.82) is 0 Å². The Morgan fingerprint density at radius 1 is 0.800 bits per heavy atom. The minimum absolute atomic E-state index is 0.0666. The molecule has 1 amide bonds. The van der Waals surface area contributed by atoms with Crippen molar-refractivity contribution in [2.45, 2.75) is 17.4 Å². The van der Waals surface area contributed by atoms with Crippen LogP contribution in [0.2, 0.25) is 0 Å². The Hall–Kier alpha value is -3.76. The highest BCUT2D eigenvalue weighted by Gasteiger charge is 2.27. The van der Waals surface area contributed by atoms with E-state index in [0.717, 1.165) is 5.56 Å². The first kappa shape index (κ1) is 25.9. The number of rotatable bonds is 11. The summed E-state index contributed by atoms with van der Waals surface area (Å²) in [4.78, 5) is 13.2. The van der Waals surface area contributed by atoms with Crippen LogP contribution in [0.15, 0.2) is 71.6 Å². The van der Waals surface area contributed by atoms with Gasteiger partial charge in [-0.3, -0.25) is 4.79 Å². The second kappa shape index (κ2) is 11.6. The number of anilines is 1. The molecule has 0 saturated carbocycles. The molecule has 35 heavy (non-hydrogen) atoms. The molecule has 3 aromatic carbocycles. The number of sulfonamides is 1. The highest BCUT2D eigenvalue weighted by Crippen LogP contribution is 2.31. The molecule has 0 aromatic heterocycles. The van der Waals surface area contributed by atoms with Crippen molar-refractivity contribution in [2.75, 3.05) is 33.8 Å². The van der Waals surface area contributed by atoms with Crippen molar-refractivity contribution >= 4 is 21.6 Å². The molecular formula is C25H28N2O7S. The molecule has 1 atom stereocenters. The average Bonchev–Trinajstić information content (AvgIpc) is 2.88. The van der Waals surface area contributed by atoms with Crippen LogP contribution in [0, 0.1) is 0 Å². The number of hydrogen-bond acceptors (Lipinski definition) is 7. The van der Waals surface area contributed by atoms with E-state index in [1.807, 2.05) is 30.3 Å². The molecule has 0 radical (unpaired) electrons. The van der Waals surface area contributed by atoms with Crippen LogP contribution in [0.5, 0.6) is 23.0 Å². The molecule has 10 heteroatoms. The van der Waals surface area contributed by atoms with Crippen molar-refractivity contribution in [3.63, 3.8) is 0 Å². The fraction of sp³-hybridized carbons (Fsp3) is 0.240. The molecule has 0 aliphatic rings. The molecule has 0 unspecified atom stereocenters. The third-order valence-corrected chi connectivity index (χ3v) is 6.70. The maximum absolute atomic E-state index is 13.3. The van der Waals surface area contributed by atoms with Gasteiger partial charge in [0, 0.05) is 12.1 Å². The van der Waals surface area contributed by atoms with Crippen LogP contribution in [0.25, 0.3) is 0 Å². The SMILES string of the molecule is COc1ccc(NC(=O)[C@@H](Cc2ccccc2)NS(=O)(=O)c2ccc(OC)c(OC)c2)c(OC)c1. The third kappa shape index (κ3) is 6.43. The summed E-state index contributed by atoms with van der Waals surface area (Å²) >= 11 is 0. The molecule has 0 aliphatic heterocycles. The van der Waals surface area contributed by atoms with Crippen LogP contribution in [-0.2, 0) is 21.2 Å². The minimum atomic E-state index is -4.10. The zero-order chi connectivity index (χ0) is 25.4. The van der Waals surface area contributed by atoms with Crippen molar-refractivity contribution in [2.24, 2.45) is 0 Å². The van der Waals surface area contributed by atoms with E-state index < -0.39 is 22.0 Å². The first-order valence-electron chi connectivity index (χ1n) is 10.6. The molecular weight excluding hydrogens is 472 g/mol. The van der Waals surface area contributed by atoms with E-state index in [9.17, 15) is 13.2 Å². The van der Waals surface area contributed by atoms with E-state index in [2.05, 4.69) is 10.0 Å². The summed E-state index contributed by atoms with van der Waals surface area (Å²) in [6.07, 6.45) is 0.123. The monoisotopic (exact) mass is 500 g/mol. The van der Waals surface area contributed by atoms with Crippen LogP contribution in [-0.4, -0.2) is 48.8 Å². The third-order valence-electron chi connectivity index (χ3n) is 5.23. The van der Waals surface area contributed by atoms with Crippen molar-refractivity contribution in [3.8, 4) is 23.0 Å². The summed E-state index contributed by atoms with van der Waals surface area (Å²) in [5.41, 5.74) is 1.16. The van der Waals surface area contributed by atoms with Crippen LogP contribution in [0.4, 0.5) is 5.69 Å². The topological polar surface area (TPSA) is 112 Å². The van der Waals surface area contributed by atoms with E-state index in [1.54, 1.807) is 18.2 Å². The highest BCUT2D eigenvalue weighted by atomic mass is 32.2. The van der Waals surface area contributed by atoms with Gasteiger partial charge >= 0.3 is 0 Å². The molecule has 3 aromatic rings. The summed E-state index contributed by atoms with van der Waals surface area (Å²) < 4.78 is 49.9. The largest absolute Gasteiger partial charge is 0.497 e. The number of ether oxygens (including phenoxy) is 4. The average molecular weight is 501 g/mol. The maximum atomic E-state index is 13.3. The Morgan fingerprint density at radius 2 is 1.49 bits per heavy atom. The van der Waals surface area contributed by atoms with Crippen molar-refractivity contribution < 1.29 is 32.2 Å². The van der Waals surface area contributed by atoms with Crippen molar-refractivity contribution in [3.05, 3.63) is 72.3 Å². The van der Waals surface area contributed by atoms with Gasteiger partial charge in [0.05, 0.1) is 39.0 Å². The van der Waals surface area contributed by atoms with E-state index in [0.29, 0.717) is 22.9 Å². The summed E-state index contributed by atoms with van der Waals surface area (Å²) in [6, 6.07) is 17.1. The second-order valence-electron chi connectivity index (χ2n) is 7.44. The zero-order valence-electron chi connectivity index (χ0n) is 19.9. The Bertz CT molecular complexity index is 1260. The van der Waals surface area contributed by atoms with Gasteiger partial charge in [0.15, 0.2) is 11.5 Å². The van der Waals surface area contributed by atoms with Crippen LogP contribution < -0.4 is 29.0 Å². The predicted molar refractivity (Wildman–Crippen MR) is 132 cm³/mol. The summed E-state index contributed by atoms with van der Waals surface area (Å²) in [6.45, 7) is 0. The summed E-state index contributed by atoms with van der Waals surface area (Å²) in [5.74, 6) is 1.01. The van der Waals surface area contributed by atoms with Gasteiger partial charge in [-0.15, -0.1) is 0 Å². The molecule has 0 aliphatic carbocycles. The van der Waals surface area contributed by atoms with E-state index in [1.165, 1.54) is 46.6 Å². The molecule has 0 saturated heterocycles. The van der Waals surface area contributed by atoms with Gasteiger partial charge < -0.3 is 24.3 Å². The Morgan fingerprint density at radius 3 is 2.11 bits per heavy atom. The lowest BCUT2D eigenvalue weighted by molar-refractivity contribution is -0.117. The quantitative estimate of drug-likeness (QED) is 0.416. The highest BCUT2D eigenvalue weighted by molar-refractivity contribution is 7.89. The molecule has 0 heterocycles. The molecule has 9 nitrogen and oxygen atoms in total. The first-order valence-corrected chi connectivity index (χ1v) is 12.1. The van der Waals surface area contributed by atoms with Crippen LogP contribution in [0.3, 0.4) is 0 Å². The maximum Gasteiger partial charge on any atom is 0.243 e. The standard InChI is InChI=1S/C25H28N2O7S/c1-31-18-10-12-20(23(15-18)33-3)26-25(28)21(14-17-8-6-5-7-9-17)27-35(29,30)19-11-13-22(32-2)24(16-19)34-4/h5-13,15-16,21,27H,14H2,1-4H3,(H,26,28)/t21-/m1/s1. The molecule has 0 bridgehead atoms. The molecule has 3 rings (SSSR count). The number of carbonyl (C=O) groups is 1. The van der Waals surface area contributed by atoms with Gasteiger partial charge in [-0.2, -0.15) is 4.72 Å². The molecule has 0 spiro atoms. The number of hydrogen-bond donors (Lipinski definition) is 2. The molecule has 2 N–H and O–H groups in total. The first-order chi connectivity index (χ1) is 16.8. The smallest absolute Gasteiger partial charge is 0.243 e. The number of methoxy groups -OCH3 is 4. The van der Waals surface area contributed by atoms with E-state index in [4.69, 9.17) is 18.9 Å². The lowest BCUT2D eigenvalue weighted by Gasteiger charge is -2.20. The summed E-state index contributed by atoms with van der Waals surface area (Å²) in [7, 11) is 1.75. The molecule has 0 fully saturated rings. The normalized spacial score (nSPS) is 11.9. The lowest BCUT2D eigenvalue weighted by atomic mass is 10.1. The van der Waals surface area contributed by atoms with E-state index in [-0.39, 0.29) is 17.1 Å². The Labute approximate surface area is 205 Å². The Kier molecular flexibility index (Phi) is 8.56. The fourth-order valence-electron chi connectivity index (χ4n) is 3.40. The van der Waals surface area contributed by atoms with E-state index >= 15 is 0 Å². The molecule has 186 valence electrons. The van der Waals surface area contributed by atoms with Gasteiger partial charge in [-0.1, -0.05) is 30.3 Å². The number of amides is 1. The van der Waals surface area contributed by atoms with Gasteiger partial charge in [0.25, 0.3) is 0 Å². The Balaban J connectivity index is 1.92. The van der Waals surface area contributed by atoms with Crippen molar-refractivity contribution in [1.82, 2.24) is 4.72 Å². The fourth-order valence-corrected chi connectivity index (χ4v) is 4.61. The van der Waals surface area contributed by atoms with Crippen LogP contribution >= 0.6 is 0 Å². The number of nitrogens with one attached hydrogen (secondary N) is 2. The lowest BCUT2D eigenvalue weighted by Crippen LogP contribution is -2.45. The van der Waals surface area contributed by atoms with Gasteiger partial charge in [0.2, 0.25) is 15.9 Å². The second-order valence-corrected chi connectivity index (χ2v) is 9.15. The van der Waals surface area contributed by atoms with Gasteiger partial charge in [-0.05, 0) is 36.2 Å². The van der Waals surface area contributed by atoms with Gasteiger partial charge in [-0.25, -0.2) is 8.42 Å². The van der Waals surface area contributed by atoms with Crippen LogP contribution in [0.1, 0.15) is 5.56 Å². The number of benzene rings is 3. The predicted octanol–water partition coefficient (Wildman–Crippen LogP) is 3.25. The zero-order valence-corrected chi connectivity index (χ0v) is 20.7. The summed E-state index contributed by atoms with van der Waals surface area (Å²) in [5, 5.41) is 2.76. The minimum Gasteiger partial charge on any atom is -0.497 e.